The fourth-order valence-corrected chi connectivity index (χ4v) is 1.87. The Bertz CT molecular complexity index is 582. The number of carbonyl (C=O) groups excluding carboxylic acids is 1. The van der Waals surface area contributed by atoms with Gasteiger partial charge in [-0.15, -0.1) is 0 Å². The second kappa shape index (κ2) is 6.70. The smallest absolute Gasteiger partial charge is 0.255 e. The molecule has 2 rings (SSSR count). The van der Waals surface area contributed by atoms with Crippen LogP contribution in [0.3, 0.4) is 0 Å². The molecule has 4 nitrogen and oxygen atoms in total. The normalized spacial score (nSPS) is 10.1. The van der Waals surface area contributed by atoms with Crippen LogP contribution in [0.5, 0.6) is 0 Å². The number of aryl methyl sites for hydroxylation is 1. The van der Waals surface area contributed by atoms with E-state index in [4.69, 9.17) is 0 Å². The molecule has 1 aromatic heterocycles. The van der Waals surface area contributed by atoms with E-state index in [9.17, 15) is 4.79 Å². The topological polar surface area (TPSA) is 54.0 Å². The zero-order chi connectivity index (χ0) is 14.4. The molecule has 1 amide bonds. The fraction of sp³-hybridized carbons (Fsp3) is 0.250. The molecule has 104 valence electrons. The lowest BCUT2D eigenvalue weighted by Gasteiger charge is -2.09. The average molecular weight is 269 g/mol. The summed E-state index contributed by atoms with van der Waals surface area (Å²) in [6.45, 7) is 4.82. The summed E-state index contributed by atoms with van der Waals surface area (Å²) in [6.07, 6.45) is 1.02. The summed E-state index contributed by atoms with van der Waals surface area (Å²) in [6, 6.07) is 13.0. The van der Waals surface area contributed by atoms with Crippen LogP contribution in [0.1, 0.15) is 29.4 Å². The molecule has 0 bridgehead atoms. The Morgan fingerprint density at radius 2 is 1.95 bits per heavy atom. The van der Waals surface area contributed by atoms with Gasteiger partial charge in [0.1, 0.15) is 5.82 Å². The molecular weight excluding hydrogens is 250 g/mol. The number of pyridine rings is 1. The minimum absolute atomic E-state index is 0.124. The van der Waals surface area contributed by atoms with Gasteiger partial charge in [-0.1, -0.05) is 25.1 Å². The maximum absolute atomic E-state index is 12.2. The summed E-state index contributed by atoms with van der Waals surface area (Å²) in [7, 11) is 0. The summed E-state index contributed by atoms with van der Waals surface area (Å²) in [5, 5.41) is 6.08. The number of benzene rings is 1. The Morgan fingerprint density at radius 1 is 1.20 bits per heavy atom. The monoisotopic (exact) mass is 269 g/mol. The molecule has 0 saturated carbocycles. The van der Waals surface area contributed by atoms with E-state index >= 15 is 0 Å². The molecule has 0 atom stereocenters. The molecule has 0 radical (unpaired) electrons. The first-order valence-electron chi connectivity index (χ1n) is 6.78. The van der Waals surface area contributed by atoms with Crippen molar-refractivity contribution in [2.75, 3.05) is 17.2 Å². The molecule has 20 heavy (non-hydrogen) atoms. The lowest BCUT2D eigenvalue weighted by Crippen LogP contribution is -2.13. The van der Waals surface area contributed by atoms with Gasteiger partial charge in [0, 0.05) is 23.5 Å². The van der Waals surface area contributed by atoms with Gasteiger partial charge in [0.25, 0.3) is 5.91 Å². The highest BCUT2D eigenvalue weighted by molar-refractivity contribution is 6.04. The number of para-hydroxylation sites is 1. The zero-order valence-electron chi connectivity index (χ0n) is 11.8. The summed E-state index contributed by atoms with van der Waals surface area (Å²) in [4.78, 5) is 16.6. The number of amides is 1. The van der Waals surface area contributed by atoms with Crippen LogP contribution in [0.15, 0.2) is 42.5 Å². The molecule has 0 aliphatic carbocycles. The van der Waals surface area contributed by atoms with Crippen molar-refractivity contribution in [1.29, 1.82) is 0 Å². The first-order valence-corrected chi connectivity index (χ1v) is 6.78. The standard InChI is InChI=1S/C16H19N3O/c1-3-9-17-15-11-13(10-12(2)18-15)16(20)19-14-7-5-4-6-8-14/h4-8,10-11H,3,9H2,1-2H3,(H,17,18)(H,19,20). The van der Waals surface area contributed by atoms with Crippen molar-refractivity contribution in [3.8, 4) is 0 Å². The van der Waals surface area contributed by atoms with Crippen LogP contribution in [0.25, 0.3) is 0 Å². The predicted octanol–water partition coefficient (Wildman–Crippen LogP) is 3.46. The Morgan fingerprint density at radius 3 is 2.65 bits per heavy atom. The Kier molecular flexibility index (Phi) is 4.71. The average Bonchev–Trinajstić information content (AvgIpc) is 2.45. The van der Waals surface area contributed by atoms with Gasteiger partial charge < -0.3 is 10.6 Å². The number of hydrogen-bond donors (Lipinski definition) is 2. The second-order valence-electron chi connectivity index (χ2n) is 4.63. The van der Waals surface area contributed by atoms with E-state index in [1.807, 2.05) is 37.3 Å². The number of aromatic nitrogens is 1. The molecule has 1 aromatic carbocycles. The third-order valence-electron chi connectivity index (χ3n) is 2.80. The van der Waals surface area contributed by atoms with Crippen LogP contribution in [0.2, 0.25) is 0 Å². The SMILES string of the molecule is CCCNc1cc(C(=O)Nc2ccccc2)cc(C)n1. The lowest BCUT2D eigenvalue weighted by molar-refractivity contribution is 0.102. The van der Waals surface area contributed by atoms with Crippen LogP contribution < -0.4 is 10.6 Å². The van der Waals surface area contributed by atoms with Gasteiger partial charge in [-0.2, -0.15) is 0 Å². The van der Waals surface area contributed by atoms with Gasteiger partial charge in [0.05, 0.1) is 0 Å². The maximum Gasteiger partial charge on any atom is 0.255 e. The third-order valence-corrected chi connectivity index (χ3v) is 2.80. The minimum atomic E-state index is -0.124. The number of hydrogen-bond acceptors (Lipinski definition) is 3. The zero-order valence-corrected chi connectivity index (χ0v) is 11.8. The second-order valence-corrected chi connectivity index (χ2v) is 4.63. The molecule has 0 spiro atoms. The summed E-state index contributed by atoms with van der Waals surface area (Å²) < 4.78 is 0. The van der Waals surface area contributed by atoms with Gasteiger partial charge in [0.15, 0.2) is 0 Å². The van der Waals surface area contributed by atoms with Crippen LogP contribution in [0.4, 0.5) is 11.5 Å². The summed E-state index contributed by atoms with van der Waals surface area (Å²) in [5.74, 6) is 0.617. The first kappa shape index (κ1) is 14.1. The molecule has 1 heterocycles. The summed E-state index contributed by atoms with van der Waals surface area (Å²) >= 11 is 0. The van der Waals surface area contributed by atoms with Gasteiger partial charge in [0.2, 0.25) is 0 Å². The predicted molar refractivity (Wildman–Crippen MR) is 82.1 cm³/mol. The molecule has 2 aromatic rings. The van der Waals surface area contributed by atoms with E-state index in [1.165, 1.54) is 0 Å². The van der Waals surface area contributed by atoms with E-state index in [0.717, 1.165) is 30.2 Å². The van der Waals surface area contributed by atoms with Crippen LogP contribution >= 0.6 is 0 Å². The molecule has 0 fully saturated rings. The van der Waals surface area contributed by atoms with Crippen LogP contribution in [0, 0.1) is 6.92 Å². The molecule has 0 saturated heterocycles. The van der Waals surface area contributed by atoms with Crippen molar-refractivity contribution in [1.82, 2.24) is 4.98 Å². The van der Waals surface area contributed by atoms with Crippen LogP contribution in [-0.2, 0) is 0 Å². The lowest BCUT2D eigenvalue weighted by atomic mass is 10.2. The van der Waals surface area contributed by atoms with Gasteiger partial charge >= 0.3 is 0 Å². The molecule has 0 unspecified atom stereocenters. The molecule has 0 aliphatic heterocycles. The fourth-order valence-electron chi connectivity index (χ4n) is 1.87. The number of nitrogens with zero attached hydrogens (tertiary/aromatic N) is 1. The molecular formula is C16H19N3O. The Balaban J connectivity index is 2.15. The van der Waals surface area contributed by atoms with E-state index in [1.54, 1.807) is 12.1 Å². The number of rotatable bonds is 5. The minimum Gasteiger partial charge on any atom is -0.370 e. The van der Waals surface area contributed by atoms with Crippen LogP contribution in [-0.4, -0.2) is 17.4 Å². The van der Waals surface area contributed by atoms with Crippen molar-refractivity contribution >= 4 is 17.4 Å². The highest BCUT2D eigenvalue weighted by Gasteiger charge is 2.08. The van der Waals surface area contributed by atoms with E-state index in [2.05, 4.69) is 22.5 Å². The number of anilines is 2. The number of carbonyl (C=O) groups is 1. The van der Waals surface area contributed by atoms with Crippen molar-refractivity contribution in [2.24, 2.45) is 0 Å². The molecule has 4 heteroatoms. The Hall–Kier alpha value is -2.36. The number of nitrogens with one attached hydrogen (secondary N) is 2. The first-order chi connectivity index (χ1) is 9.69. The van der Waals surface area contributed by atoms with E-state index in [-0.39, 0.29) is 5.91 Å². The molecule has 0 aliphatic rings. The highest BCUT2D eigenvalue weighted by atomic mass is 16.1. The van der Waals surface area contributed by atoms with Gasteiger partial charge in [-0.05, 0) is 37.6 Å². The third kappa shape index (κ3) is 3.82. The van der Waals surface area contributed by atoms with Crippen molar-refractivity contribution in [3.63, 3.8) is 0 Å². The van der Waals surface area contributed by atoms with Crippen molar-refractivity contribution in [2.45, 2.75) is 20.3 Å². The van der Waals surface area contributed by atoms with Gasteiger partial charge in [-0.3, -0.25) is 4.79 Å². The quantitative estimate of drug-likeness (QED) is 0.874. The van der Waals surface area contributed by atoms with Crippen molar-refractivity contribution in [3.05, 3.63) is 53.7 Å². The summed E-state index contributed by atoms with van der Waals surface area (Å²) in [5.41, 5.74) is 2.22. The maximum atomic E-state index is 12.2. The largest absolute Gasteiger partial charge is 0.370 e. The van der Waals surface area contributed by atoms with E-state index < -0.39 is 0 Å². The van der Waals surface area contributed by atoms with Gasteiger partial charge in [-0.25, -0.2) is 4.98 Å². The highest BCUT2D eigenvalue weighted by Crippen LogP contribution is 2.13. The Labute approximate surface area is 119 Å². The van der Waals surface area contributed by atoms with E-state index in [0.29, 0.717) is 5.56 Å². The molecule has 2 N–H and O–H groups in total. The van der Waals surface area contributed by atoms with Crippen molar-refractivity contribution < 1.29 is 4.79 Å².